The summed E-state index contributed by atoms with van der Waals surface area (Å²) in [4.78, 5) is 4.25. The lowest BCUT2D eigenvalue weighted by molar-refractivity contribution is 0.476. The van der Waals surface area contributed by atoms with Crippen molar-refractivity contribution in [1.82, 2.24) is 0 Å². The molecule has 0 aliphatic rings. The van der Waals surface area contributed by atoms with Crippen LogP contribution in [0.3, 0.4) is 0 Å². The molecule has 0 unspecified atom stereocenters. The second-order valence-electron chi connectivity index (χ2n) is 4.97. The molecule has 3 nitrogen and oxygen atoms in total. The number of hydrogen-bond acceptors (Lipinski definition) is 3. The Morgan fingerprint density at radius 2 is 1.76 bits per heavy atom. The van der Waals surface area contributed by atoms with Crippen molar-refractivity contribution in [3.8, 4) is 11.5 Å². The van der Waals surface area contributed by atoms with Gasteiger partial charge in [0, 0.05) is 17.2 Å². The molecule has 0 amide bonds. The van der Waals surface area contributed by atoms with E-state index in [2.05, 4.69) is 4.99 Å². The monoisotopic (exact) mass is 277 g/mol. The van der Waals surface area contributed by atoms with Crippen LogP contribution >= 0.6 is 0 Å². The maximum atomic E-state index is 10.3. The fraction of sp³-hybridized carbons (Fsp3) is 0.0556. The van der Waals surface area contributed by atoms with Crippen LogP contribution in [0.1, 0.15) is 11.1 Å². The zero-order valence-corrected chi connectivity index (χ0v) is 11.6. The summed E-state index contributed by atoms with van der Waals surface area (Å²) in [5, 5.41) is 21.9. The highest BCUT2D eigenvalue weighted by molar-refractivity contribution is 5.97. The lowest BCUT2D eigenvalue weighted by atomic mass is 10.1. The van der Waals surface area contributed by atoms with Crippen LogP contribution in [0.15, 0.2) is 59.6 Å². The SMILES string of the molecule is Cc1ccc(N=Cc2ccc3ccccc3c2O)c(O)c1. The van der Waals surface area contributed by atoms with Gasteiger partial charge in [0.25, 0.3) is 0 Å². The maximum absolute atomic E-state index is 10.3. The quantitative estimate of drug-likeness (QED) is 0.686. The van der Waals surface area contributed by atoms with E-state index in [1.807, 2.05) is 49.4 Å². The van der Waals surface area contributed by atoms with E-state index in [1.54, 1.807) is 18.3 Å². The summed E-state index contributed by atoms with van der Waals surface area (Å²) in [6, 6.07) is 16.7. The number of aliphatic imine (C=N–C) groups is 1. The topological polar surface area (TPSA) is 52.8 Å². The van der Waals surface area contributed by atoms with Gasteiger partial charge >= 0.3 is 0 Å². The van der Waals surface area contributed by atoms with Crippen LogP contribution in [0.5, 0.6) is 11.5 Å². The molecule has 0 aromatic heterocycles. The van der Waals surface area contributed by atoms with Gasteiger partial charge < -0.3 is 10.2 Å². The van der Waals surface area contributed by atoms with Gasteiger partial charge in [-0.25, -0.2) is 0 Å². The Labute approximate surface area is 122 Å². The minimum atomic E-state index is 0.131. The van der Waals surface area contributed by atoms with Crippen molar-refractivity contribution < 1.29 is 10.2 Å². The molecule has 0 saturated carbocycles. The number of aromatic hydroxyl groups is 2. The molecule has 0 atom stereocenters. The molecule has 0 radical (unpaired) electrons. The van der Waals surface area contributed by atoms with Crippen LogP contribution in [-0.4, -0.2) is 16.4 Å². The van der Waals surface area contributed by atoms with E-state index in [4.69, 9.17) is 0 Å². The lowest BCUT2D eigenvalue weighted by Crippen LogP contribution is -1.84. The van der Waals surface area contributed by atoms with E-state index < -0.39 is 0 Å². The standard InChI is InChI=1S/C18H15NO2/c1-12-6-9-16(17(20)10-12)19-11-14-8-7-13-4-2-3-5-15(13)18(14)21/h2-11,20-21H,1H3. The third-order valence-corrected chi connectivity index (χ3v) is 3.41. The highest BCUT2D eigenvalue weighted by Crippen LogP contribution is 2.30. The summed E-state index contributed by atoms with van der Waals surface area (Å²) in [5.41, 5.74) is 2.07. The zero-order chi connectivity index (χ0) is 14.8. The van der Waals surface area contributed by atoms with Crippen molar-refractivity contribution in [3.05, 3.63) is 65.7 Å². The first kappa shape index (κ1) is 13.2. The molecule has 0 aliphatic carbocycles. The Morgan fingerprint density at radius 3 is 2.57 bits per heavy atom. The molecule has 0 aliphatic heterocycles. The maximum Gasteiger partial charge on any atom is 0.141 e. The van der Waals surface area contributed by atoms with E-state index in [0.717, 1.165) is 16.3 Å². The Kier molecular flexibility index (Phi) is 3.32. The number of hydrogen-bond donors (Lipinski definition) is 2. The van der Waals surface area contributed by atoms with Crippen LogP contribution in [0.2, 0.25) is 0 Å². The molecular formula is C18H15NO2. The molecule has 0 bridgehead atoms. The van der Waals surface area contributed by atoms with E-state index in [1.165, 1.54) is 0 Å². The molecule has 3 rings (SSSR count). The first-order valence-corrected chi connectivity index (χ1v) is 6.69. The molecule has 2 N–H and O–H groups in total. The predicted molar refractivity (Wildman–Crippen MR) is 85.7 cm³/mol. The summed E-state index contributed by atoms with van der Waals surface area (Å²) < 4.78 is 0. The van der Waals surface area contributed by atoms with Crippen LogP contribution in [0.25, 0.3) is 10.8 Å². The van der Waals surface area contributed by atoms with Gasteiger partial charge in [-0.1, -0.05) is 36.4 Å². The molecule has 3 aromatic rings. The number of phenolic OH excluding ortho intramolecular Hbond substituents is 2. The van der Waals surface area contributed by atoms with Crippen molar-refractivity contribution in [3.63, 3.8) is 0 Å². The summed E-state index contributed by atoms with van der Waals surface area (Å²) in [6.07, 6.45) is 1.56. The Morgan fingerprint density at radius 1 is 0.952 bits per heavy atom. The zero-order valence-electron chi connectivity index (χ0n) is 11.6. The molecule has 0 saturated heterocycles. The van der Waals surface area contributed by atoms with Crippen LogP contribution in [0, 0.1) is 6.92 Å². The van der Waals surface area contributed by atoms with Gasteiger partial charge in [-0.2, -0.15) is 0 Å². The Balaban J connectivity index is 2.01. The second-order valence-corrected chi connectivity index (χ2v) is 4.97. The van der Waals surface area contributed by atoms with Crippen molar-refractivity contribution in [1.29, 1.82) is 0 Å². The fourth-order valence-corrected chi connectivity index (χ4v) is 2.26. The van der Waals surface area contributed by atoms with Gasteiger partial charge in [0.15, 0.2) is 0 Å². The Bertz CT molecular complexity index is 838. The normalized spacial score (nSPS) is 11.3. The molecule has 21 heavy (non-hydrogen) atoms. The second kappa shape index (κ2) is 5.29. The number of nitrogens with zero attached hydrogens (tertiary/aromatic N) is 1. The third-order valence-electron chi connectivity index (χ3n) is 3.41. The van der Waals surface area contributed by atoms with Crippen molar-refractivity contribution in [2.45, 2.75) is 6.92 Å². The van der Waals surface area contributed by atoms with Crippen LogP contribution in [0.4, 0.5) is 5.69 Å². The lowest BCUT2D eigenvalue weighted by Gasteiger charge is -2.04. The molecule has 0 heterocycles. The van der Waals surface area contributed by atoms with E-state index in [9.17, 15) is 10.2 Å². The average Bonchev–Trinajstić information content (AvgIpc) is 2.48. The minimum Gasteiger partial charge on any atom is -0.507 e. The summed E-state index contributed by atoms with van der Waals surface area (Å²) in [5.74, 6) is 0.329. The highest BCUT2D eigenvalue weighted by atomic mass is 16.3. The van der Waals surface area contributed by atoms with Gasteiger partial charge in [-0.15, -0.1) is 0 Å². The summed E-state index contributed by atoms with van der Waals surface area (Å²) in [7, 11) is 0. The number of rotatable bonds is 2. The molecular weight excluding hydrogens is 262 g/mol. The van der Waals surface area contributed by atoms with Gasteiger partial charge in [0.05, 0.1) is 0 Å². The average molecular weight is 277 g/mol. The first-order valence-electron chi connectivity index (χ1n) is 6.69. The number of phenols is 2. The molecule has 3 heteroatoms. The summed E-state index contributed by atoms with van der Waals surface area (Å²) >= 11 is 0. The molecule has 3 aromatic carbocycles. The smallest absolute Gasteiger partial charge is 0.141 e. The van der Waals surface area contributed by atoms with Gasteiger partial charge in [0.2, 0.25) is 0 Å². The van der Waals surface area contributed by atoms with E-state index in [-0.39, 0.29) is 11.5 Å². The van der Waals surface area contributed by atoms with Gasteiger partial charge in [-0.3, -0.25) is 4.99 Å². The van der Waals surface area contributed by atoms with Crippen molar-refractivity contribution in [2.24, 2.45) is 4.99 Å². The predicted octanol–water partition coefficient (Wildman–Crippen LogP) is 4.31. The summed E-state index contributed by atoms with van der Waals surface area (Å²) in [6.45, 7) is 1.91. The van der Waals surface area contributed by atoms with Crippen LogP contribution in [-0.2, 0) is 0 Å². The number of fused-ring (bicyclic) bond motifs is 1. The molecule has 0 fully saturated rings. The third kappa shape index (κ3) is 2.58. The number of benzene rings is 3. The largest absolute Gasteiger partial charge is 0.507 e. The van der Waals surface area contributed by atoms with E-state index in [0.29, 0.717) is 11.3 Å². The van der Waals surface area contributed by atoms with Gasteiger partial charge in [0.1, 0.15) is 17.2 Å². The highest BCUT2D eigenvalue weighted by Gasteiger charge is 2.04. The number of aryl methyl sites for hydroxylation is 1. The molecule has 104 valence electrons. The first-order chi connectivity index (χ1) is 10.1. The van der Waals surface area contributed by atoms with Crippen molar-refractivity contribution >= 4 is 22.7 Å². The van der Waals surface area contributed by atoms with Gasteiger partial charge in [-0.05, 0) is 36.1 Å². The Hall–Kier alpha value is -2.81. The van der Waals surface area contributed by atoms with Crippen LogP contribution < -0.4 is 0 Å². The molecule has 0 spiro atoms. The fourth-order valence-electron chi connectivity index (χ4n) is 2.26. The van der Waals surface area contributed by atoms with E-state index >= 15 is 0 Å². The minimum absolute atomic E-state index is 0.131. The van der Waals surface area contributed by atoms with Crippen molar-refractivity contribution in [2.75, 3.05) is 0 Å².